The molecule has 3 aromatic heterocycles. The van der Waals surface area contributed by atoms with Crippen LogP contribution in [0.3, 0.4) is 0 Å². The van der Waals surface area contributed by atoms with Gasteiger partial charge in [-0.15, -0.1) is 11.3 Å². The molecule has 8 heteroatoms. The van der Waals surface area contributed by atoms with E-state index in [1.54, 1.807) is 18.3 Å². The summed E-state index contributed by atoms with van der Waals surface area (Å²) in [5.41, 5.74) is 3.18. The van der Waals surface area contributed by atoms with E-state index in [2.05, 4.69) is 9.97 Å². The van der Waals surface area contributed by atoms with Crippen molar-refractivity contribution in [1.29, 1.82) is 0 Å². The Hall–Kier alpha value is -3.26. The Morgan fingerprint density at radius 2 is 2.03 bits per heavy atom. The van der Waals surface area contributed by atoms with Crippen LogP contribution < -0.4 is 5.56 Å². The zero-order valence-electron chi connectivity index (χ0n) is 18.6. The predicted octanol–water partition coefficient (Wildman–Crippen LogP) is 4.33. The van der Waals surface area contributed by atoms with Gasteiger partial charge in [-0.05, 0) is 51.2 Å². The fraction of sp³-hybridized carbons (Fsp3) is 0.360. The molecule has 1 atom stereocenters. The zero-order chi connectivity index (χ0) is 23.1. The molecule has 5 rings (SSSR count). The fourth-order valence-electron chi connectivity index (χ4n) is 4.66. The summed E-state index contributed by atoms with van der Waals surface area (Å²) in [5.74, 6) is -0.767. The van der Waals surface area contributed by atoms with Crippen LogP contribution in [0.25, 0.3) is 21.1 Å². The van der Waals surface area contributed by atoms with Crippen molar-refractivity contribution in [2.45, 2.75) is 58.6 Å². The number of hydrogen-bond acceptors (Lipinski definition) is 6. The Labute approximate surface area is 194 Å². The van der Waals surface area contributed by atoms with Gasteiger partial charge in [0.2, 0.25) is 5.78 Å². The number of hydrogen-bond donors (Lipinski definition) is 1. The summed E-state index contributed by atoms with van der Waals surface area (Å²) >= 11 is 1.60. The summed E-state index contributed by atoms with van der Waals surface area (Å²) in [6.45, 7) is 3.58. The molecule has 170 valence electrons. The van der Waals surface area contributed by atoms with E-state index < -0.39 is 12.1 Å². The van der Waals surface area contributed by atoms with E-state index in [9.17, 15) is 14.4 Å². The quantitative estimate of drug-likeness (QED) is 0.339. The number of fused-ring (bicyclic) bond motifs is 4. The van der Waals surface area contributed by atoms with Gasteiger partial charge in [0, 0.05) is 33.6 Å². The molecule has 0 saturated heterocycles. The topological polar surface area (TPSA) is 94.1 Å². The molecule has 0 radical (unpaired) electrons. The Morgan fingerprint density at radius 3 is 2.88 bits per heavy atom. The Kier molecular flexibility index (Phi) is 5.62. The van der Waals surface area contributed by atoms with E-state index in [4.69, 9.17) is 4.74 Å². The highest BCUT2D eigenvalue weighted by Crippen LogP contribution is 2.33. The van der Waals surface area contributed by atoms with E-state index in [1.807, 2.05) is 31.2 Å². The normalized spacial score (nSPS) is 14.4. The molecule has 33 heavy (non-hydrogen) atoms. The molecule has 1 unspecified atom stereocenters. The van der Waals surface area contributed by atoms with Gasteiger partial charge in [-0.3, -0.25) is 19.0 Å². The first-order chi connectivity index (χ1) is 15.9. The molecular formula is C25H25N3O4S. The average Bonchev–Trinajstić information content (AvgIpc) is 3.35. The number of rotatable bonds is 6. The van der Waals surface area contributed by atoms with Crippen molar-refractivity contribution in [3.63, 3.8) is 0 Å². The van der Waals surface area contributed by atoms with Crippen molar-refractivity contribution in [1.82, 2.24) is 14.5 Å². The Bertz CT molecular complexity index is 1450. The summed E-state index contributed by atoms with van der Waals surface area (Å²) in [6.07, 6.45) is 4.72. The van der Waals surface area contributed by atoms with Crippen LogP contribution in [0.15, 0.2) is 35.4 Å². The SMILES string of the molecule is Cc1[nH]c2ccccc2c1C(=O)C(C)OC(=O)CCn1cnc2sc3c(c2c1=O)CCCC3. The number of para-hydroxylation sites is 1. The van der Waals surface area contributed by atoms with Crippen LogP contribution in [0.2, 0.25) is 0 Å². The number of thiophene rings is 1. The molecule has 0 saturated carbocycles. The number of aromatic nitrogens is 3. The zero-order valence-corrected chi connectivity index (χ0v) is 19.5. The third kappa shape index (κ3) is 3.88. The van der Waals surface area contributed by atoms with Gasteiger partial charge in [0.25, 0.3) is 5.56 Å². The highest BCUT2D eigenvalue weighted by atomic mass is 32.1. The Balaban J connectivity index is 1.28. The summed E-state index contributed by atoms with van der Waals surface area (Å²) in [6, 6.07) is 7.55. The number of aryl methyl sites for hydroxylation is 4. The van der Waals surface area contributed by atoms with Crippen LogP contribution in [0.1, 0.15) is 52.7 Å². The van der Waals surface area contributed by atoms with Crippen LogP contribution in [0.5, 0.6) is 0 Å². The second-order valence-electron chi connectivity index (χ2n) is 8.55. The lowest BCUT2D eigenvalue weighted by Crippen LogP contribution is -2.27. The number of H-pyrrole nitrogens is 1. The summed E-state index contributed by atoms with van der Waals surface area (Å²) in [7, 11) is 0. The molecule has 4 aromatic rings. The first-order valence-electron chi connectivity index (χ1n) is 11.2. The van der Waals surface area contributed by atoms with E-state index in [-0.39, 0.29) is 24.3 Å². The van der Waals surface area contributed by atoms with Crippen molar-refractivity contribution in [2.24, 2.45) is 0 Å². The number of benzene rings is 1. The minimum absolute atomic E-state index is 0.0100. The van der Waals surface area contributed by atoms with Crippen molar-refractivity contribution < 1.29 is 14.3 Å². The maximum absolute atomic E-state index is 13.0. The third-order valence-corrected chi connectivity index (χ3v) is 7.52. The minimum atomic E-state index is -0.920. The predicted molar refractivity (Wildman–Crippen MR) is 128 cm³/mol. The van der Waals surface area contributed by atoms with Gasteiger partial charge >= 0.3 is 5.97 Å². The first kappa shape index (κ1) is 21.6. The maximum Gasteiger partial charge on any atom is 0.308 e. The van der Waals surface area contributed by atoms with Crippen LogP contribution in [0, 0.1) is 6.92 Å². The van der Waals surface area contributed by atoms with Crippen molar-refractivity contribution in [3.05, 3.63) is 62.6 Å². The minimum Gasteiger partial charge on any atom is -0.454 e. The molecule has 0 bridgehead atoms. The van der Waals surface area contributed by atoms with Crippen molar-refractivity contribution in [3.8, 4) is 0 Å². The molecule has 0 fully saturated rings. The number of ether oxygens (including phenoxy) is 1. The standard InChI is InChI=1S/C25H25N3O4S/c1-14-21(16-7-3-5-9-18(16)27-14)23(30)15(2)32-20(29)11-12-28-13-26-24-22(25(28)31)17-8-4-6-10-19(17)33-24/h3,5,7,9,13,15,27H,4,6,8,10-12H2,1-2H3. The molecular weight excluding hydrogens is 438 g/mol. The van der Waals surface area contributed by atoms with Crippen LogP contribution in [-0.2, 0) is 28.9 Å². The highest BCUT2D eigenvalue weighted by Gasteiger charge is 2.25. The van der Waals surface area contributed by atoms with Gasteiger partial charge in [-0.1, -0.05) is 18.2 Å². The first-order valence-corrected chi connectivity index (χ1v) is 12.1. The molecule has 0 amide bonds. The van der Waals surface area contributed by atoms with E-state index in [0.717, 1.165) is 52.7 Å². The van der Waals surface area contributed by atoms with Gasteiger partial charge in [0.1, 0.15) is 4.83 Å². The highest BCUT2D eigenvalue weighted by molar-refractivity contribution is 7.18. The smallest absolute Gasteiger partial charge is 0.308 e. The number of esters is 1. The molecule has 1 aliphatic carbocycles. The van der Waals surface area contributed by atoms with Gasteiger partial charge < -0.3 is 9.72 Å². The molecule has 3 heterocycles. The number of ketones is 1. The van der Waals surface area contributed by atoms with Crippen molar-refractivity contribution in [2.75, 3.05) is 0 Å². The number of nitrogens with zero attached hydrogens (tertiary/aromatic N) is 2. The van der Waals surface area contributed by atoms with E-state index in [0.29, 0.717) is 10.9 Å². The van der Waals surface area contributed by atoms with Crippen LogP contribution in [0.4, 0.5) is 0 Å². The Morgan fingerprint density at radius 1 is 1.24 bits per heavy atom. The molecule has 7 nitrogen and oxygen atoms in total. The lowest BCUT2D eigenvalue weighted by molar-refractivity contribution is -0.146. The average molecular weight is 464 g/mol. The summed E-state index contributed by atoms with van der Waals surface area (Å²) in [4.78, 5) is 48.2. The molecule has 0 aliphatic heterocycles. The maximum atomic E-state index is 13.0. The van der Waals surface area contributed by atoms with E-state index >= 15 is 0 Å². The lowest BCUT2D eigenvalue weighted by Gasteiger charge is -2.13. The second kappa shape index (κ2) is 8.59. The number of carbonyl (C=O) groups is 2. The molecule has 0 spiro atoms. The molecule has 1 aliphatic rings. The second-order valence-corrected chi connectivity index (χ2v) is 9.63. The van der Waals surface area contributed by atoms with Gasteiger partial charge in [0.15, 0.2) is 6.10 Å². The van der Waals surface area contributed by atoms with Crippen molar-refractivity contribution >= 4 is 44.2 Å². The van der Waals surface area contributed by atoms with Crippen LogP contribution in [-0.4, -0.2) is 32.4 Å². The number of nitrogens with one attached hydrogen (secondary N) is 1. The fourth-order valence-corrected chi connectivity index (χ4v) is 5.88. The van der Waals surface area contributed by atoms with E-state index in [1.165, 1.54) is 15.8 Å². The number of carbonyl (C=O) groups excluding carboxylic acids is 2. The monoisotopic (exact) mass is 463 g/mol. The molecule has 1 aromatic carbocycles. The number of aromatic amines is 1. The summed E-state index contributed by atoms with van der Waals surface area (Å²) in [5, 5.41) is 1.51. The van der Waals surface area contributed by atoms with Gasteiger partial charge in [0.05, 0.1) is 18.1 Å². The van der Waals surface area contributed by atoms with Gasteiger partial charge in [-0.25, -0.2) is 4.98 Å². The van der Waals surface area contributed by atoms with Gasteiger partial charge in [-0.2, -0.15) is 0 Å². The summed E-state index contributed by atoms with van der Waals surface area (Å²) < 4.78 is 6.90. The third-order valence-electron chi connectivity index (χ3n) is 6.32. The lowest BCUT2D eigenvalue weighted by atomic mass is 9.97. The largest absolute Gasteiger partial charge is 0.454 e. The molecule has 1 N–H and O–H groups in total. The number of Topliss-reactive ketones (excluding diaryl/α,β-unsaturated/α-hetero) is 1. The van der Waals surface area contributed by atoms with Crippen LogP contribution >= 0.6 is 11.3 Å².